The van der Waals surface area contributed by atoms with Crippen LogP contribution < -0.4 is 0 Å². The maximum Gasteiger partial charge on any atom is 0.253 e. The Morgan fingerprint density at radius 3 is 2.19 bits per heavy atom. The molecule has 27 heavy (non-hydrogen) atoms. The number of hydrogen-bond acceptors (Lipinski definition) is 3. The van der Waals surface area contributed by atoms with Gasteiger partial charge in [-0.05, 0) is 42.5 Å². The van der Waals surface area contributed by atoms with Crippen LogP contribution >= 0.6 is 0 Å². The molecule has 5 heteroatoms. The van der Waals surface area contributed by atoms with Crippen LogP contribution in [0.1, 0.15) is 58.9 Å². The van der Waals surface area contributed by atoms with Gasteiger partial charge in [-0.1, -0.05) is 38.1 Å². The minimum atomic E-state index is -0.751. The smallest absolute Gasteiger partial charge is 0.253 e. The summed E-state index contributed by atoms with van der Waals surface area (Å²) in [5.74, 6) is -1.08. The number of aromatic hydroxyl groups is 1. The van der Waals surface area contributed by atoms with Gasteiger partial charge in [-0.15, -0.1) is 0 Å². The molecule has 0 aromatic heterocycles. The lowest BCUT2D eigenvalue weighted by Crippen LogP contribution is -2.40. The summed E-state index contributed by atoms with van der Waals surface area (Å²) in [5, 5.41) is 9.45. The number of benzene rings is 2. The first-order valence-corrected chi connectivity index (χ1v) is 9.28. The third kappa shape index (κ3) is 4.18. The second kappa shape index (κ2) is 7.91. The highest BCUT2D eigenvalue weighted by Gasteiger charge is 2.28. The van der Waals surface area contributed by atoms with Gasteiger partial charge in [-0.3, -0.25) is 9.59 Å². The van der Waals surface area contributed by atoms with E-state index in [4.69, 9.17) is 0 Å². The van der Waals surface area contributed by atoms with Gasteiger partial charge in [0, 0.05) is 30.1 Å². The second-order valence-corrected chi connectivity index (χ2v) is 7.37. The van der Waals surface area contributed by atoms with Gasteiger partial charge in [0.15, 0.2) is 17.3 Å². The molecule has 1 N–H and O–H groups in total. The Hall–Kier alpha value is -2.69. The highest BCUT2D eigenvalue weighted by atomic mass is 19.1. The Morgan fingerprint density at radius 2 is 1.63 bits per heavy atom. The molecule has 0 saturated carbocycles. The molecule has 4 nitrogen and oxygen atoms in total. The van der Waals surface area contributed by atoms with Gasteiger partial charge in [0.1, 0.15) is 0 Å². The normalized spacial score (nSPS) is 15.2. The Labute approximate surface area is 158 Å². The monoisotopic (exact) mass is 369 g/mol. The first-order chi connectivity index (χ1) is 12.9. The topological polar surface area (TPSA) is 57.6 Å². The molecule has 0 aliphatic carbocycles. The number of piperidine rings is 1. The quantitative estimate of drug-likeness (QED) is 0.813. The van der Waals surface area contributed by atoms with E-state index in [9.17, 15) is 19.1 Å². The van der Waals surface area contributed by atoms with E-state index in [1.165, 1.54) is 11.6 Å². The van der Waals surface area contributed by atoms with E-state index < -0.39 is 11.6 Å². The molecule has 3 rings (SSSR count). The lowest BCUT2D eigenvalue weighted by atomic mass is 9.88. The Kier molecular flexibility index (Phi) is 5.59. The molecule has 0 unspecified atom stereocenters. The predicted octanol–water partition coefficient (Wildman–Crippen LogP) is 4.39. The zero-order valence-corrected chi connectivity index (χ0v) is 15.6. The van der Waals surface area contributed by atoms with Crippen LogP contribution in [0.15, 0.2) is 42.5 Å². The van der Waals surface area contributed by atoms with Crippen molar-refractivity contribution >= 4 is 11.7 Å². The van der Waals surface area contributed by atoms with Crippen molar-refractivity contribution in [2.24, 2.45) is 5.92 Å². The molecule has 2 aromatic carbocycles. The molecule has 0 atom stereocenters. The SMILES string of the molecule is CC(C)c1ccc(C(=O)C2CCN(C(=O)c3ccc(F)c(O)c3)CC2)cc1. The van der Waals surface area contributed by atoms with Gasteiger partial charge in [-0.25, -0.2) is 4.39 Å². The molecule has 2 aromatic rings. The first kappa shape index (κ1) is 19.1. The fraction of sp³-hybridized carbons (Fsp3) is 0.364. The Bertz CT molecular complexity index is 837. The van der Waals surface area contributed by atoms with Crippen LogP contribution in [0.5, 0.6) is 5.75 Å². The van der Waals surface area contributed by atoms with Gasteiger partial charge in [0.05, 0.1) is 0 Å². The van der Waals surface area contributed by atoms with Crippen LogP contribution in [0, 0.1) is 11.7 Å². The van der Waals surface area contributed by atoms with Crippen LogP contribution in [0.4, 0.5) is 4.39 Å². The third-order valence-corrected chi connectivity index (χ3v) is 5.21. The van der Waals surface area contributed by atoms with Gasteiger partial charge in [-0.2, -0.15) is 0 Å². The van der Waals surface area contributed by atoms with Crippen molar-refractivity contribution in [1.82, 2.24) is 4.90 Å². The summed E-state index contributed by atoms with van der Waals surface area (Å²) in [4.78, 5) is 26.9. The lowest BCUT2D eigenvalue weighted by molar-refractivity contribution is 0.0650. The average Bonchev–Trinajstić information content (AvgIpc) is 2.69. The maximum absolute atomic E-state index is 13.2. The number of Topliss-reactive ketones (excluding diaryl/α,β-unsaturated/α-hetero) is 1. The van der Waals surface area contributed by atoms with Crippen LogP contribution in [0.3, 0.4) is 0 Å². The lowest BCUT2D eigenvalue weighted by Gasteiger charge is -2.31. The zero-order valence-electron chi connectivity index (χ0n) is 15.6. The summed E-state index contributed by atoms with van der Waals surface area (Å²) in [6, 6.07) is 11.4. The van der Waals surface area contributed by atoms with Gasteiger partial charge in [0.2, 0.25) is 0 Å². The van der Waals surface area contributed by atoms with E-state index in [0.29, 0.717) is 37.4 Å². The number of likely N-dealkylation sites (tertiary alicyclic amines) is 1. The highest BCUT2D eigenvalue weighted by molar-refractivity contribution is 5.98. The van der Waals surface area contributed by atoms with E-state index in [0.717, 1.165) is 12.1 Å². The van der Waals surface area contributed by atoms with Crippen molar-refractivity contribution in [3.8, 4) is 5.75 Å². The van der Waals surface area contributed by atoms with Crippen molar-refractivity contribution in [2.45, 2.75) is 32.6 Å². The molecule has 0 bridgehead atoms. The molecule has 1 heterocycles. The number of carbonyl (C=O) groups excluding carboxylic acids is 2. The number of rotatable bonds is 4. The van der Waals surface area contributed by atoms with E-state index >= 15 is 0 Å². The van der Waals surface area contributed by atoms with Crippen LogP contribution in [-0.4, -0.2) is 34.8 Å². The van der Waals surface area contributed by atoms with Gasteiger partial charge < -0.3 is 10.0 Å². The van der Waals surface area contributed by atoms with E-state index in [1.54, 1.807) is 4.90 Å². The summed E-state index contributed by atoms with van der Waals surface area (Å²) in [6.45, 7) is 5.17. The van der Waals surface area contributed by atoms with Crippen molar-refractivity contribution in [3.05, 3.63) is 65.0 Å². The van der Waals surface area contributed by atoms with E-state index in [2.05, 4.69) is 13.8 Å². The van der Waals surface area contributed by atoms with Crippen LogP contribution in [0.25, 0.3) is 0 Å². The number of carbonyl (C=O) groups is 2. The first-order valence-electron chi connectivity index (χ1n) is 9.28. The van der Waals surface area contributed by atoms with Crippen LogP contribution in [0.2, 0.25) is 0 Å². The van der Waals surface area contributed by atoms with Crippen molar-refractivity contribution in [2.75, 3.05) is 13.1 Å². The number of halogens is 1. The molecular formula is C22H24FNO3. The average molecular weight is 369 g/mol. The summed E-state index contributed by atoms with van der Waals surface area (Å²) in [7, 11) is 0. The number of phenolic OH excluding ortho intramolecular Hbond substituents is 1. The Morgan fingerprint density at radius 1 is 1.04 bits per heavy atom. The molecule has 1 aliphatic heterocycles. The number of phenols is 1. The molecule has 1 amide bonds. The van der Waals surface area contributed by atoms with Crippen molar-refractivity contribution in [1.29, 1.82) is 0 Å². The van der Waals surface area contributed by atoms with Crippen molar-refractivity contribution < 1.29 is 19.1 Å². The number of hydrogen-bond donors (Lipinski definition) is 1. The number of amides is 1. The molecule has 1 fully saturated rings. The molecule has 0 spiro atoms. The largest absolute Gasteiger partial charge is 0.505 e. The maximum atomic E-state index is 13.2. The molecule has 0 radical (unpaired) electrons. The number of nitrogens with zero attached hydrogens (tertiary/aromatic N) is 1. The molecule has 1 aliphatic rings. The zero-order chi connectivity index (χ0) is 19.6. The fourth-order valence-electron chi connectivity index (χ4n) is 3.44. The minimum Gasteiger partial charge on any atom is -0.505 e. The third-order valence-electron chi connectivity index (χ3n) is 5.21. The predicted molar refractivity (Wildman–Crippen MR) is 102 cm³/mol. The van der Waals surface area contributed by atoms with E-state index in [-0.39, 0.29) is 23.2 Å². The summed E-state index contributed by atoms with van der Waals surface area (Å²) in [5.41, 5.74) is 2.17. The van der Waals surface area contributed by atoms with E-state index in [1.807, 2.05) is 24.3 Å². The molecule has 1 saturated heterocycles. The van der Waals surface area contributed by atoms with Gasteiger partial charge >= 0.3 is 0 Å². The van der Waals surface area contributed by atoms with Gasteiger partial charge in [0.25, 0.3) is 5.91 Å². The number of ketones is 1. The fourth-order valence-corrected chi connectivity index (χ4v) is 3.44. The summed E-state index contributed by atoms with van der Waals surface area (Å²) < 4.78 is 13.2. The van der Waals surface area contributed by atoms with Crippen molar-refractivity contribution in [3.63, 3.8) is 0 Å². The molecular weight excluding hydrogens is 345 g/mol. The Balaban J connectivity index is 1.61. The summed E-state index contributed by atoms with van der Waals surface area (Å²) >= 11 is 0. The van der Waals surface area contributed by atoms with Crippen LogP contribution in [-0.2, 0) is 0 Å². The standard InChI is InChI=1S/C22H24FNO3/c1-14(2)15-3-5-16(6-4-15)21(26)17-9-11-24(12-10-17)22(27)18-7-8-19(23)20(25)13-18/h3-8,13-14,17,25H,9-12H2,1-2H3. The molecule has 142 valence electrons. The highest BCUT2D eigenvalue weighted by Crippen LogP contribution is 2.25. The minimum absolute atomic E-state index is 0.0967. The second-order valence-electron chi connectivity index (χ2n) is 7.37. The summed E-state index contributed by atoms with van der Waals surface area (Å²) in [6.07, 6.45) is 1.20.